The minimum absolute atomic E-state index is 0.0900. The summed E-state index contributed by atoms with van der Waals surface area (Å²) in [7, 11) is 1.15. The summed E-state index contributed by atoms with van der Waals surface area (Å²) in [5.41, 5.74) is 0.0965. The highest BCUT2D eigenvalue weighted by molar-refractivity contribution is 7.12. The lowest BCUT2D eigenvalue weighted by atomic mass is 9.96. The minimum Gasteiger partial charge on any atom is -0.481 e. The monoisotopic (exact) mass is 366 g/mol. The summed E-state index contributed by atoms with van der Waals surface area (Å²) >= 11 is 0.995. The zero-order chi connectivity index (χ0) is 18.1. The number of aliphatic carboxylic acids is 1. The fourth-order valence-electron chi connectivity index (χ4n) is 2.40. The van der Waals surface area contributed by atoms with Crippen molar-refractivity contribution < 1.29 is 37.4 Å². The molecule has 1 saturated heterocycles. The number of hydrogen-bond acceptors (Lipinski definition) is 5. The van der Waals surface area contributed by atoms with Gasteiger partial charge < -0.3 is 20.1 Å². The molecule has 11 heteroatoms. The zero-order valence-corrected chi connectivity index (χ0v) is 13.1. The topological polar surface area (TPSA) is 95.9 Å². The van der Waals surface area contributed by atoms with Crippen LogP contribution in [0.2, 0.25) is 0 Å². The van der Waals surface area contributed by atoms with Crippen LogP contribution >= 0.6 is 11.3 Å². The van der Waals surface area contributed by atoms with Crippen molar-refractivity contribution in [2.24, 2.45) is 11.8 Å². The summed E-state index contributed by atoms with van der Waals surface area (Å²) in [5, 5.41) is 12.8. The normalized spacial score (nSPS) is 20.8. The minimum atomic E-state index is -4.72. The molecule has 0 aromatic carbocycles. The number of thiophene rings is 1. The molecule has 132 valence electrons. The van der Waals surface area contributed by atoms with E-state index in [4.69, 9.17) is 5.11 Å². The highest BCUT2D eigenvalue weighted by Crippen LogP contribution is 2.38. The van der Waals surface area contributed by atoms with E-state index in [-0.39, 0.29) is 10.6 Å². The quantitative estimate of drug-likeness (QED) is 0.800. The van der Waals surface area contributed by atoms with Crippen molar-refractivity contribution in [1.29, 1.82) is 0 Å². The first-order chi connectivity index (χ1) is 11.1. The van der Waals surface area contributed by atoms with Crippen molar-refractivity contribution in [2.75, 3.05) is 25.5 Å². The molecule has 7 nitrogen and oxygen atoms in total. The average molecular weight is 366 g/mol. The maximum absolute atomic E-state index is 12.9. The summed E-state index contributed by atoms with van der Waals surface area (Å²) in [5.74, 6) is -6.17. The highest BCUT2D eigenvalue weighted by atomic mass is 32.1. The van der Waals surface area contributed by atoms with E-state index in [1.807, 2.05) is 0 Å². The lowest BCUT2D eigenvalue weighted by molar-refractivity contribution is -0.187. The molecule has 0 saturated carbocycles. The number of halogens is 3. The molecule has 1 aliphatic heterocycles. The molecule has 0 unspecified atom stereocenters. The summed E-state index contributed by atoms with van der Waals surface area (Å²) in [6.45, 7) is -1.33. The Bertz CT molecular complexity index is 660. The fraction of sp³-hybridized carbons (Fsp3) is 0.462. The van der Waals surface area contributed by atoms with E-state index in [9.17, 15) is 27.6 Å². The van der Waals surface area contributed by atoms with Crippen LogP contribution in [0.5, 0.6) is 0 Å². The number of hydrogen-bond donors (Lipinski definition) is 2. The number of carbonyl (C=O) groups excluding carboxylic acids is 2. The largest absolute Gasteiger partial charge is 0.481 e. The second-order valence-corrected chi connectivity index (χ2v) is 6.00. The Labute approximate surface area is 138 Å². The third-order valence-electron chi connectivity index (χ3n) is 3.62. The second kappa shape index (κ2) is 6.67. The molecule has 1 aliphatic rings. The third kappa shape index (κ3) is 3.61. The standard InChI is InChI=1S/C13H13F3N2O5S/c1-23-11(21)9-8(2-3-24-9)17-12(22)18-4-6(10(19)20)7(5-18)13(14,15)16/h2-3,6-7H,4-5H2,1H3,(H,17,22)(H,19,20)/t6-,7-/m1/s1. The van der Waals surface area contributed by atoms with Crippen LogP contribution in [-0.2, 0) is 9.53 Å². The predicted molar refractivity (Wildman–Crippen MR) is 76.9 cm³/mol. The van der Waals surface area contributed by atoms with Crippen molar-refractivity contribution in [1.82, 2.24) is 4.90 Å². The molecule has 0 radical (unpaired) electrons. The van der Waals surface area contributed by atoms with E-state index in [1.165, 1.54) is 11.4 Å². The molecule has 1 aromatic rings. The molecule has 2 heterocycles. The van der Waals surface area contributed by atoms with Crippen molar-refractivity contribution >= 4 is 35.0 Å². The van der Waals surface area contributed by atoms with E-state index in [0.29, 0.717) is 0 Å². The number of amides is 2. The molecule has 0 bridgehead atoms. The zero-order valence-electron chi connectivity index (χ0n) is 12.3. The van der Waals surface area contributed by atoms with Gasteiger partial charge >= 0.3 is 24.1 Å². The summed E-state index contributed by atoms with van der Waals surface area (Å²) in [6.07, 6.45) is -4.72. The molecule has 1 aromatic heterocycles. The first kappa shape index (κ1) is 18.0. The van der Waals surface area contributed by atoms with Gasteiger partial charge in [0.2, 0.25) is 0 Å². The second-order valence-electron chi connectivity index (χ2n) is 5.08. The first-order valence-corrected chi connectivity index (χ1v) is 7.54. The number of anilines is 1. The Balaban J connectivity index is 2.13. The van der Waals surface area contributed by atoms with Crippen LogP contribution in [-0.4, -0.2) is 54.4 Å². The van der Waals surface area contributed by atoms with Crippen molar-refractivity contribution in [3.8, 4) is 0 Å². The number of nitrogens with zero attached hydrogens (tertiary/aromatic N) is 1. The van der Waals surface area contributed by atoms with Gasteiger partial charge in [0, 0.05) is 13.1 Å². The highest BCUT2D eigenvalue weighted by Gasteiger charge is 2.53. The Morgan fingerprint density at radius 2 is 2.04 bits per heavy atom. The maximum Gasteiger partial charge on any atom is 0.394 e. The number of nitrogens with one attached hydrogen (secondary N) is 1. The Morgan fingerprint density at radius 1 is 1.38 bits per heavy atom. The van der Waals surface area contributed by atoms with Gasteiger partial charge in [-0.3, -0.25) is 4.79 Å². The molecule has 2 atom stereocenters. The van der Waals surface area contributed by atoms with E-state index < -0.39 is 49.1 Å². The van der Waals surface area contributed by atoms with Gasteiger partial charge in [-0.05, 0) is 11.4 Å². The SMILES string of the molecule is COC(=O)c1sccc1NC(=O)N1C[C@@H](C(F)(F)F)[C@H](C(=O)O)C1. The third-order valence-corrected chi connectivity index (χ3v) is 4.52. The number of carboxylic acid groups (broad SMARTS) is 1. The smallest absolute Gasteiger partial charge is 0.394 e. The number of methoxy groups -OCH3 is 1. The van der Waals surface area contributed by atoms with Gasteiger partial charge in [0.15, 0.2) is 0 Å². The van der Waals surface area contributed by atoms with Crippen molar-refractivity contribution in [3.63, 3.8) is 0 Å². The van der Waals surface area contributed by atoms with Crippen LogP contribution in [0.25, 0.3) is 0 Å². The predicted octanol–water partition coefficient (Wildman–Crippen LogP) is 2.26. The molecule has 0 aliphatic carbocycles. The Morgan fingerprint density at radius 3 is 2.54 bits per heavy atom. The van der Waals surface area contributed by atoms with Gasteiger partial charge in [0.1, 0.15) is 4.88 Å². The number of alkyl halides is 3. The van der Waals surface area contributed by atoms with E-state index in [2.05, 4.69) is 10.1 Å². The van der Waals surface area contributed by atoms with Crippen LogP contribution in [0.3, 0.4) is 0 Å². The summed E-state index contributed by atoms with van der Waals surface area (Å²) < 4.78 is 43.3. The van der Waals surface area contributed by atoms with Gasteiger partial charge in [-0.25, -0.2) is 9.59 Å². The molecule has 0 spiro atoms. The van der Waals surface area contributed by atoms with Crippen LogP contribution in [0.1, 0.15) is 9.67 Å². The number of likely N-dealkylation sites (tertiary alicyclic amines) is 1. The molecule has 1 fully saturated rings. The van der Waals surface area contributed by atoms with Crippen LogP contribution in [0, 0.1) is 11.8 Å². The van der Waals surface area contributed by atoms with Crippen molar-refractivity contribution in [3.05, 3.63) is 16.3 Å². The van der Waals surface area contributed by atoms with E-state index >= 15 is 0 Å². The number of carbonyl (C=O) groups is 3. The molecular formula is C13H13F3N2O5S. The Kier molecular flexibility index (Phi) is 5.02. The number of carboxylic acids is 1. The number of urea groups is 1. The lowest BCUT2D eigenvalue weighted by Crippen LogP contribution is -2.35. The van der Waals surface area contributed by atoms with Crippen LogP contribution < -0.4 is 5.32 Å². The lowest BCUT2D eigenvalue weighted by Gasteiger charge is -2.18. The van der Waals surface area contributed by atoms with Gasteiger partial charge in [-0.2, -0.15) is 13.2 Å². The van der Waals surface area contributed by atoms with E-state index in [0.717, 1.165) is 23.3 Å². The Hall–Kier alpha value is -2.30. The summed E-state index contributed by atoms with van der Waals surface area (Å²) in [4.78, 5) is 35.5. The van der Waals surface area contributed by atoms with Gasteiger partial charge in [0.05, 0.1) is 24.6 Å². The van der Waals surface area contributed by atoms with Gasteiger partial charge in [-0.15, -0.1) is 11.3 Å². The molecule has 2 rings (SSSR count). The first-order valence-electron chi connectivity index (χ1n) is 6.66. The van der Waals surface area contributed by atoms with Crippen molar-refractivity contribution in [2.45, 2.75) is 6.18 Å². The van der Waals surface area contributed by atoms with Gasteiger partial charge in [-0.1, -0.05) is 0 Å². The maximum atomic E-state index is 12.9. The summed E-state index contributed by atoms with van der Waals surface area (Å²) in [6, 6.07) is 0.498. The number of rotatable bonds is 3. The van der Waals surface area contributed by atoms with Crippen LogP contribution in [0.15, 0.2) is 11.4 Å². The molecule has 2 N–H and O–H groups in total. The average Bonchev–Trinajstić information content (AvgIpc) is 3.12. The van der Waals surface area contributed by atoms with Crippen LogP contribution in [0.4, 0.5) is 23.7 Å². The molecule has 24 heavy (non-hydrogen) atoms. The number of ether oxygens (including phenoxy) is 1. The molecular weight excluding hydrogens is 353 g/mol. The number of esters is 1. The van der Waals surface area contributed by atoms with E-state index in [1.54, 1.807) is 0 Å². The fourth-order valence-corrected chi connectivity index (χ4v) is 3.17. The molecule has 2 amide bonds. The van der Waals surface area contributed by atoms with Gasteiger partial charge in [0.25, 0.3) is 0 Å².